The molecule has 0 spiro atoms. The first-order valence-corrected chi connectivity index (χ1v) is 7.27. The molecule has 2 rings (SSSR count). The van der Waals surface area contributed by atoms with Gasteiger partial charge in [-0.15, -0.1) is 0 Å². The predicted molar refractivity (Wildman–Crippen MR) is 77.5 cm³/mol. The first-order chi connectivity index (χ1) is 10.3. The second-order valence-corrected chi connectivity index (χ2v) is 6.19. The molecular weight excluding hydrogens is 292 g/mol. The van der Waals surface area contributed by atoms with Crippen molar-refractivity contribution in [1.82, 2.24) is 5.32 Å². The molecular formula is C16H21F2NO3. The number of rotatable bonds is 5. The molecule has 1 aliphatic carbocycles. The Kier molecular flexibility index (Phi) is 4.54. The Morgan fingerprint density at radius 1 is 1.45 bits per heavy atom. The lowest BCUT2D eigenvalue weighted by molar-refractivity contribution is -0.172. The van der Waals surface area contributed by atoms with Crippen molar-refractivity contribution >= 4 is 5.91 Å². The molecule has 0 bridgehead atoms. The van der Waals surface area contributed by atoms with Gasteiger partial charge in [-0.05, 0) is 25.1 Å². The number of carbonyl (C=O) groups is 1. The molecule has 1 amide bonds. The fourth-order valence-corrected chi connectivity index (χ4v) is 2.96. The fraction of sp³-hybridized carbons (Fsp3) is 0.562. The molecule has 1 saturated carbocycles. The van der Waals surface area contributed by atoms with Crippen molar-refractivity contribution in [2.24, 2.45) is 5.41 Å². The van der Waals surface area contributed by atoms with Crippen LogP contribution in [-0.2, 0) is 4.74 Å². The molecule has 6 heteroatoms. The molecule has 2 atom stereocenters. The number of amides is 1. The van der Waals surface area contributed by atoms with E-state index in [-0.39, 0.29) is 18.3 Å². The van der Waals surface area contributed by atoms with E-state index in [2.05, 4.69) is 5.32 Å². The number of hydrogen-bond acceptors (Lipinski definition) is 3. The smallest absolute Gasteiger partial charge is 0.254 e. The second-order valence-electron chi connectivity index (χ2n) is 6.19. The van der Waals surface area contributed by atoms with Crippen LogP contribution >= 0.6 is 0 Å². The number of aliphatic hydroxyl groups excluding tert-OH is 1. The van der Waals surface area contributed by atoms with Crippen LogP contribution < -0.4 is 5.32 Å². The van der Waals surface area contributed by atoms with Gasteiger partial charge in [0.05, 0.1) is 23.8 Å². The molecule has 0 heterocycles. The first kappa shape index (κ1) is 16.8. The number of hydrogen-bond donors (Lipinski definition) is 2. The summed E-state index contributed by atoms with van der Waals surface area (Å²) < 4.78 is 32.5. The lowest BCUT2D eigenvalue weighted by Crippen LogP contribution is -2.74. The normalized spacial score (nSPS) is 26.4. The Hall–Kier alpha value is -1.53. The van der Waals surface area contributed by atoms with Gasteiger partial charge >= 0.3 is 0 Å². The van der Waals surface area contributed by atoms with Gasteiger partial charge in [0.25, 0.3) is 5.91 Å². The Morgan fingerprint density at radius 3 is 2.68 bits per heavy atom. The van der Waals surface area contributed by atoms with Gasteiger partial charge in [-0.1, -0.05) is 13.8 Å². The Balaban J connectivity index is 2.21. The van der Waals surface area contributed by atoms with E-state index in [9.17, 15) is 18.7 Å². The summed E-state index contributed by atoms with van der Waals surface area (Å²) in [4.78, 5) is 12.3. The maximum atomic E-state index is 13.7. The molecule has 22 heavy (non-hydrogen) atoms. The van der Waals surface area contributed by atoms with Crippen molar-refractivity contribution in [3.63, 3.8) is 0 Å². The zero-order valence-electron chi connectivity index (χ0n) is 13.0. The highest BCUT2D eigenvalue weighted by atomic mass is 19.1. The zero-order valence-corrected chi connectivity index (χ0v) is 13.0. The maximum Gasteiger partial charge on any atom is 0.254 e. The number of benzene rings is 1. The summed E-state index contributed by atoms with van der Waals surface area (Å²) in [5.74, 6) is -2.23. The van der Waals surface area contributed by atoms with Crippen molar-refractivity contribution in [3.05, 3.63) is 35.4 Å². The molecule has 0 aliphatic heterocycles. The first-order valence-electron chi connectivity index (χ1n) is 7.27. The molecule has 1 aromatic rings. The van der Waals surface area contributed by atoms with E-state index in [1.807, 2.05) is 20.8 Å². The predicted octanol–water partition coefficient (Wildman–Crippen LogP) is 2.26. The van der Waals surface area contributed by atoms with Gasteiger partial charge in [-0.3, -0.25) is 4.79 Å². The van der Waals surface area contributed by atoms with E-state index in [4.69, 9.17) is 4.74 Å². The zero-order chi connectivity index (χ0) is 16.5. The third kappa shape index (κ3) is 2.61. The minimum atomic E-state index is -0.914. The molecule has 1 aliphatic rings. The highest BCUT2D eigenvalue weighted by Gasteiger charge is 2.61. The molecule has 0 aromatic heterocycles. The van der Waals surface area contributed by atoms with E-state index in [0.717, 1.165) is 18.2 Å². The SMILES string of the molecule is CCO[C@H]1C[C@](CO)(NC(=O)c2cc(F)ccc2F)C1(C)C. The van der Waals surface area contributed by atoms with Crippen LogP contribution in [-0.4, -0.2) is 35.9 Å². The van der Waals surface area contributed by atoms with Crippen LogP contribution in [0.2, 0.25) is 0 Å². The van der Waals surface area contributed by atoms with Crippen molar-refractivity contribution < 1.29 is 23.4 Å². The van der Waals surface area contributed by atoms with Crippen LogP contribution in [0.25, 0.3) is 0 Å². The molecule has 4 nitrogen and oxygen atoms in total. The molecule has 2 N–H and O–H groups in total. The van der Waals surface area contributed by atoms with Crippen molar-refractivity contribution in [3.8, 4) is 0 Å². The number of halogens is 2. The number of carbonyl (C=O) groups excluding carboxylic acids is 1. The highest BCUT2D eigenvalue weighted by molar-refractivity contribution is 5.95. The van der Waals surface area contributed by atoms with Gasteiger partial charge in [-0.25, -0.2) is 8.78 Å². The van der Waals surface area contributed by atoms with E-state index in [0.29, 0.717) is 13.0 Å². The lowest BCUT2D eigenvalue weighted by Gasteiger charge is -2.60. The summed E-state index contributed by atoms with van der Waals surface area (Å²) in [5, 5.41) is 12.4. The van der Waals surface area contributed by atoms with Crippen molar-refractivity contribution in [2.75, 3.05) is 13.2 Å². The van der Waals surface area contributed by atoms with Gasteiger partial charge in [0.15, 0.2) is 0 Å². The van der Waals surface area contributed by atoms with Crippen molar-refractivity contribution in [1.29, 1.82) is 0 Å². The molecule has 0 radical (unpaired) electrons. The lowest BCUT2D eigenvalue weighted by atomic mass is 9.54. The van der Waals surface area contributed by atoms with Gasteiger partial charge in [-0.2, -0.15) is 0 Å². The van der Waals surface area contributed by atoms with Crippen LogP contribution in [0, 0.1) is 17.0 Å². The third-order valence-electron chi connectivity index (χ3n) is 4.74. The molecule has 0 saturated heterocycles. The summed E-state index contributed by atoms with van der Waals surface area (Å²) in [6.07, 6.45) is 0.315. The quantitative estimate of drug-likeness (QED) is 0.876. The highest BCUT2D eigenvalue weighted by Crippen LogP contribution is 2.51. The average molecular weight is 313 g/mol. The molecule has 1 aromatic carbocycles. The summed E-state index contributed by atoms with van der Waals surface area (Å²) in [6, 6.07) is 2.71. The van der Waals surface area contributed by atoms with E-state index in [1.54, 1.807) is 0 Å². The van der Waals surface area contributed by atoms with Crippen LogP contribution in [0.15, 0.2) is 18.2 Å². The van der Waals surface area contributed by atoms with Crippen LogP contribution in [0.3, 0.4) is 0 Å². The summed E-state index contributed by atoms with van der Waals surface area (Å²) in [5.41, 5.74) is -1.80. The van der Waals surface area contributed by atoms with Crippen LogP contribution in [0.4, 0.5) is 8.78 Å². The number of ether oxygens (including phenoxy) is 1. The average Bonchev–Trinajstić information content (AvgIpc) is 2.48. The van der Waals surface area contributed by atoms with Crippen LogP contribution in [0.5, 0.6) is 0 Å². The molecule has 122 valence electrons. The van der Waals surface area contributed by atoms with E-state index < -0.39 is 28.5 Å². The Bertz CT molecular complexity index is 577. The second kappa shape index (κ2) is 5.93. The standard InChI is InChI=1S/C16H21F2NO3/c1-4-22-13-8-16(9-20,15(13,2)3)19-14(21)11-7-10(17)5-6-12(11)18/h5-7,13,20H,4,8-9H2,1-3H3,(H,19,21)/t13-,16+/m0/s1. The third-order valence-corrected chi connectivity index (χ3v) is 4.74. The van der Waals surface area contributed by atoms with Gasteiger partial charge in [0.1, 0.15) is 11.6 Å². The molecule has 1 fully saturated rings. The minimum absolute atomic E-state index is 0.109. The number of nitrogens with one attached hydrogen (secondary N) is 1. The van der Waals surface area contributed by atoms with Gasteiger partial charge < -0.3 is 15.2 Å². The summed E-state index contributed by atoms with van der Waals surface area (Å²) in [7, 11) is 0. The van der Waals surface area contributed by atoms with E-state index in [1.165, 1.54) is 0 Å². The van der Waals surface area contributed by atoms with E-state index >= 15 is 0 Å². The van der Waals surface area contributed by atoms with Crippen molar-refractivity contribution in [2.45, 2.75) is 38.8 Å². The topological polar surface area (TPSA) is 58.6 Å². The fourth-order valence-electron chi connectivity index (χ4n) is 2.96. The Labute approximate surface area is 128 Å². The minimum Gasteiger partial charge on any atom is -0.394 e. The maximum absolute atomic E-state index is 13.7. The summed E-state index contributed by atoms with van der Waals surface area (Å²) >= 11 is 0. The summed E-state index contributed by atoms with van der Waals surface area (Å²) in [6.45, 7) is 5.84. The van der Waals surface area contributed by atoms with Gasteiger partial charge in [0.2, 0.25) is 0 Å². The largest absolute Gasteiger partial charge is 0.394 e. The molecule has 0 unspecified atom stereocenters. The number of aliphatic hydroxyl groups is 1. The monoisotopic (exact) mass is 313 g/mol. The van der Waals surface area contributed by atoms with Gasteiger partial charge in [0, 0.05) is 18.4 Å². The Morgan fingerprint density at radius 2 is 2.14 bits per heavy atom. The van der Waals surface area contributed by atoms with Crippen LogP contribution in [0.1, 0.15) is 37.6 Å².